The van der Waals surface area contributed by atoms with Gasteiger partial charge in [-0.15, -0.1) is 13.2 Å². The van der Waals surface area contributed by atoms with Gasteiger partial charge in [-0.3, -0.25) is 0 Å². The molecule has 1 aromatic rings. The number of hydrogen-bond acceptors (Lipinski definition) is 3. The molecule has 9 heteroatoms. The molecule has 0 N–H and O–H groups in total. The molecule has 1 atom stereocenters. The standard InChI is InChI=1S/C14H12F6O3/c1-3-12(13(15,16)17)5-4-8-6-9(22-14(18,19)20)7-10(21-2)11(8)23-12/h4-7H,3H2,1-2H3. The number of alkyl halides is 6. The smallest absolute Gasteiger partial charge is 0.493 e. The highest BCUT2D eigenvalue weighted by atomic mass is 19.4. The van der Waals surface area contributed by atoms with Gasteiger partial charge in [-0.05, 0) is 18.6 Å². The molecule has 1 aliphatic rings. The lowest BCUT2D eigenvalue weighted by atomic mass is 9.94. The van der Waals surface area contributed by atoms with E-state index >= 15 is 0 Å². The van der Waals surface area contributed by atoms with E-state index in [9.17, 15) is 26.3 Å². The predicted octanol–water partition coefficient (Wildman–Crippen LogP) is 4.71. The monoisotopic (exact) mass is 342 g/mol. The van der Waals surface area contributed by atoms with E-state index in [1.54, 1.807) is 0 Å². The van der Waals surface area contributed by atoms with Gasteiger partial charge < -0.3 is 14.2 Å². The molecule has 1 heterocycles. The summed E-state index contributed by atoms with van der Waals surface area (Å²) in [5.41, 5.74) is -2.56. The van der Waals surface area contributed by atoms with Crippen molar-refractivity contribution in [3.8, 4) is 17.2 Å². The molecule has 128 valence electrons. The van der Waals surface area contributed by atoms with Gasteiger partial charge >= 0.3 is 12.5 Å². The lowest BCUT2D eigenvalue weighted by molar-refractivity contribution is -0.274. The summed E-state index contributed by atoms with van der Waals surface area (Å²) in [6, 6.07) is 1.75. The molecular formula is C14H12F6O3. The van der Waals surface area contributed by atoms with Gasteiger partial charge in [0.05, 0.1) is 7.11 Å². The average Bonchev–Trinajstić information content (AvgIpc) is 2.43. The quantitative estimate of drug-likeness (QED) is 0.745. The van der Waals surface area contributed by atoms with Gasteiger partial charge in [-0.1, -0.05) is 13.0 Å². The zero-order valence-electron chi connectivity index (χ0n) is 12.0. The van der Waals surface area contributed by atoms with Crippen LogP contribution in [0.5, 0.6) is 17.2 Å². The van der Waals surface area contributed by atoms with Crippen molar-refractivity contribution < 1.29 is 40.6 Å². The summed E-state index contributed by atoms with van der Waals surface area (Å²) < 4.78 is 90.2. The van der Waals surface area contributed by atoms with Crippen LogP contribution in [0.15, 0.2) is 18.2 Å². The molecule has 0 bridgehead atoms. The Morgan fingerprint density at radius 1 is 1.13 bits per heavy atom. The third kappa shape index (κ3) is 3.32. The van der Waals surface area contributed by atoms with Crippen molar-refractivity contribution >= 4 is 6.08 Å². The van der Waals surface area contributed by atoms with Crippen LogP contribution < -0.4 is 14.2 Å². The minimum Gasteiger partial charge on any atom is -0.493 e. The van der Waals surface area contributed by atoms with E-state index in [2.05, 4.69) is 4.74 Å². The lowest BCUT2D eigenvalue weighted by Gasteiger charge is -2.36. The molecule has 0 saturated heterocycles. The van der Waals surface area contributed by atoms with Crippen molar-refractivity contribution in [1.82, 2.24) is 0 Å². The first-order valence-corrected chi connectivity index (χ1v) is 6.44. The van der Waals surface area contributed by atoms with Gasteiger partial charge in [0.1, 0.15) is 5.75 Å². The first kappa shape index (κ1) is 17.3. The number of rotatable bonds is 3. The van der Waals surface area contributed by atoms with Crippen LogP contribution in [-0.2, 0) is 0 Å². The number of benzene rings is 1. The van der Waals surface area contributed by atoms with Gasteiger partial charge in [0.2, 0.25) is 5.60 Å². The number of fused-ring (bicyclic) bond motifs is 1. The Morgan fingerprint density at radius 2 is 1.78 bits per heavy atom. The fourth-order valence-electron chi connectivity index (χ4n) is 2.16. The topological polar surface area (TPSA) is 27.7 Å². The molecule has 23 heavy (non-hydrogen) atoms. The van der Waals surface area contributed by atoms with Crippen molar-refractivity contribution in [2.75, 3.05) is 7.11 Å². The SMILES string of the molecule is CCC1(C(F)(F)F)C=Cc2cc(OC(F)(F)F)cc(OC)c2O1. The fourth-order valence-corrected chi connectivity index (χ4v) is 2.16. The molecule has 0 aliphatic carbocycles. The second kappa shape index (κ2) is 5.54. The first-order valence-electron chi connectivity index (χ1n) is 6.44. The summed E-state index contributed by atoms with van der Waals surface area (Å²) in [6.45, 7) is 1.29. The molecule has 1 aliphatic heterocycles. The molecule has 0 spiro atoms. The van der Waals surface area contributed by atoms with E-state index in [1.165, 1.54) is 6.92 Å². The predicted molar refractivity (Wildman–Crippen MR) is 68.4 cm³/mol. The van der Waals surface area contributed by atoms with Crippen molar-refractivity contribution in [3.63, 3.8) is 0 Å². The molecule has 3 nitrogen and oxygen atoms in total. The van der Waals surface area contributed by atoms with Crippen LogP contribution in [0.1, 0.15) is 18.9 Å². The third-order valence-electron chi connectivity index (χ3n) is 3.33. The van der Waals surface area contributed by atoms with Crippen molar-refractivity contribution in [2.24, 2.45) is 0 Å². The van der Waals surface area contributed by atoms with Gasteiger partial charge in [-0.2, -0.15) is 13.2 Å². The van der Waals surface area contributed by atoms with E-state index in [0.29, 0.717) is 0 Å². The maximum Gasteiger partial charge on any atom is 0.573 e. The summed E-state index contributed by atoms with van der Waals surface area (Å²) in [5.74, 6) is -1.19. The first-order chi connectivity index (χ1) is 10.5. The Bertz CT molecular complexity index is 620. The van der Waals surface area contributed by atoms with Crippen LogP contribution in [0.4, 0.5) is 26.3 Å². The molecule has 0 fully saturated rings. The van der Waals surface area contributed by atoms with Crippen LogP contribution in [0.2, 0.25) is 0 Å². The van der Waals surface area contributed by atoms with Gasteiger partial charge in [0.25, 0.3) is 0 Å². The van der Waals surface area contributed by atoms with E-state index < -0.39 is 30.3 Å². The van der Waals surface area contributed by atoms with Gasteiger partial charge in [0, 0.05) is 11.6 Å². The van der Waals surface area contributed by atoms with Crippen LogP contribution in [-0.4, -0.2) is 25.2 Å². The molecule has 0 saturated carbocycles. The zero-order valence-corrected chi connectivity index (χ0v) is 12.0. The van der Waals surface area contributed by atoms with Crippen molar-refractivity contribution in [2.45, 2.75) is 31.5 Å². The Kier molecular flexibility index (Phi) is 4.16. The number of halogens is 6. The second-order valence-corrected chi connectivity index (χ2v) is 4.77. The third-order valence-corrected chi connectivity index (χ3v) is 3.33. The van der Waals surface area contributed by atoms with E-state index in [4.69, 9.17) is 9.47 Å². The highest BCUT2D eigenvalue weighted by molar-refractivity contribution is 5.68. The highest BCUT2D eigenvalue weighted by Crippen LogP contribution is 2.48. The lowest BCUT2D eigenvalue weighted by Crippen LogP contribution is -2.49. The molecular weight excluding hydrogens is 330 g/mol. The van der Waals surface area contributed by atoms with E-state index in [-0.39, 0.29) is 17.1 Å². The Hall–Kier alpha value is -2.06. The van der Waals surface area contributed by atoms with Crippen LogP contribution in [0.25, 0.3) is 6.08 Å². The largest absolute Gasteiger partial charge is 0.573 e. The maximum atomic E-state index is 13.2. The highest BCUT2D eigenvalue weighted by Gasteiger charge is 2.56. The van der Waals surface area contributed by atoms with Crippen molar-refractivity contribution in [3.05, 3.63) is 23.8 Å². The van der Waals surface area contributed by atoms with Gasteiger partial charge in [-0.25, -0.2) is 0 Å². The number of hydrogen-bond donors (Lipinski definition) is 0. The van der Waals surface area contributed by atoms with E-state index in [0.717, 1.165) is 31.4 Å². The Balaban J connectivity index is 2.49. The normalized spacial score (nSPS) is 20.7. The summed E-state index contributed by atoms with van der Waals surface area (Å²) in [6.07, 6.45) is -8.22. The number of ether oxygens (including phenoxy) is 3. The Labute approximate surface area is 127 Å². The summed E-state index contributed by atoms with van der Waals surface area (Å²) in [5, 5.41) is 0. The average molecular weight is 342 g/mol. The van der Waals surface area contributed by atoms with Crippen LogP contribution in [0, 0.1) is 0 Å². The zero-order chi connectivity index (χ0) is 17.5. The number of methoxy groups -OCH3 is 1. The molecule has 0 radical (unpaired) electrons. The molecule has 0 amide bonds. The molecule has 0 aromatic heterocycles. The molecule has 2 rings (SSSR count). The summed E-state index contributed by atoms with van der Waals surface area (Å²) in [4.78, 5) is 0. The van der Waals surface area contributed by atoms with Gasteiger partial charge in [0.15, 0.2) is 11.5 Å². The summed E-state index contributed by atoms with van der Waals surface area (Å²) in [7, 11) is 1.11. The van der Waals surface area contributed by atoms with E-state index in [1.807, 2.05) is 0 Å². The maximum absolute atomic E-state index is 13.2. The van der Waals surface area contributed by atoms with Crippen LogP contribution >= 0.6 is 0 Å². The summed E-state index contributed by atoms with van der Waals surface area (Å²) >= 11 is 0. The minimum absolute atomic E-state index is 0.00285. The molecule has 1 unspecified atom stereocenters. The Morgan fingerprint density at radius 3 is 2.26 bits per heavy atom. The minimum atomic E-state index is -4.93. The second-order valence-electron chi connectivity index (χ2n) is 4.77. The fraction of sp³-hybridized carbons (Fsp3) is 0.429. The molecule has 1 aromatic carbocycles. The van der Waals surface area contributed by atoms with Crippen LogP contribution in [0.3, 0.4) is 0 Å². The van der Waals surface area contributed by atoms with Crippen molar-refractivity contribution in [1.29, 1.82) is 0 Å².